The van der Waals surface area contributed by atoms with Gasteiger partial charge in [0.15, 0.2) is 0 Å². The molecule has 2 N–H and O–H groups in total. The third-order valence-electron chi connectivity index (χ3n) is 6.46. The summed E-state index contributed by atoms with van der Waals surface area (Å²) in [6, 6.07) is 22.2. The standard InChI is InChI=1S/C29H33BrN4O2/c1-21-19-22(2)28(26(30)20-21)32-29(36)34-17-15-33(16-18-34)25-13-11-24(12-14-25)31-27(35)10-6-9-23-7-4-3-5-8-23/h3-5,7-8,11-14,19-20H,6,9-10,15-18H2,1-2H3,(H,31,35)(H,32,36). The molecule has 3 aromatic rings. The van der Waals surface area contributed by atoms with Crippen LogP contribution in [-0.4, -0.2) is 43.0 Å². The summed E-state index contributed by atoms with van der Waals surface area (Å²) in [7, 11) is 0. The van der Waals surface area contributed by atoms with E-state index in [1.807, 2.05) is 67.3 Å². The van der Waals surface area contributed by atoms with E-state index in [9.17, 15) is 9.59 Å². The van der Waals surface area contributed by atoms with Crippen molar-refractivity contribution in [1.82, 2.24) is 4.90 Å². The van der Waals surface area contributed by atoms with E-state index in [1.54, 1.807) is 0 Å². The molecule has 0 aliphatic carbocycles. The minimum atomic E-state index is -0.0763. The molecule has 36 heavy (non-hydrogen) atoms. The van der Waals surface area contributed by atoms with Crippen LogP contribution in [-0.2, 0) is 11.2 Å². The molecule has 3 amide bonds. The van der Waals surface area contributed by atoms with E-state index >= 15 is 0 Å². The largest absolute Gasteiger partial charge is 0.368 e. The van der Waals surface area contributed by atoms with Crippen LogP contribution in [0.15, 0.2) is 71.2 Å². The van der Waals surface area contributed by atoms with Gasteiger partial charge >= 0.3 is 6.03 Å². The molecule has 7 heteroatoms. The zero-order valence-corrected chi connectivity index (χ0v) is 22.5. The number of rotatable bonds is 7. The summed E-state index contributed by atoms with van der Waals surface area (Å²) in [6.45, 7) is 6.85. The van der Waals surface area contributed by atoms with Crippen LogP contribution >= 0.6 is 15.9 Å². The van der Waals surface area contributed by atoms with Crippen molar-refractivity contribution < 1.29 is 9.59 Å². The lowest BCUT2D eigenvalue weighted by molar-refractivity contribution is -0.116. The average molecular weight is 550 g/mol. The maximum atomic E-state index is 12.8. The first-order valence-corrected chi connectivity index (χ1v) is 13.2. The molecule has 188 valence electrons. The van der Waals surface area contributed by atoms with E-state index < -0.39 is 0 Å². The summed E-state index contributed by atoms with van der Waals surface area (Å²) < 4.78 is 0.898. The Morgan fingerprint density at radius 2 is 1.58 bits per heavy atom. The molecule has 1 saturated heterocycles. The van der Waals surface area contributed by atoms with E-state index in [0.717, 1.165) is 58.6 Å². The molecule has 3 aromatic carbocycles. The number of hydrogen-bond acceptors (Lipinski definition) is 3. The molecule has 1 aliphatic rings. The lowest BCUT2D eigenvalue weighted by atomic mass is 10.1. The summed E-state index contributed by atoms with van der Waals surface area (Å²) in [5.74, 6) is 0.0359. The van der Waals surface area contributed by atoms with Gasteiger partial charge in [0.1, 0.15) is 0 Å². The highest BCUT2D eigenvalue weighted by atomic mass is 79.9. The van der Waals surface area contributed by atoms with Gasteiger partial charge in [-0.25, -0.2) is 4.79 Å². The molecule has 0 bridgehead atoms. The fourth-order valence-corrected chi connectivity index (χ4v) is 5.28. The first-order valence-electron chi connectivity index (χ1n) is 12.4. The number of benzene rings is 3. The smallest absolute Gasteiger partial charge is 0.322 e. The molecule has 0 spiro atoms. The predicted molar refractivity (Wildman–Crippen MR) is 151 cm³/mol. The molecular weight excluding hydrogens is 516 g/mol. The van der Waals surface area contributed by atoms with Crippen molar-refractivity contribution in [2.24, 2.45) is 0 Å². The van der Waals surface area contributed by atoms with Gasteiger partial charge in [0.2, 0.25) is 5.91 Å². The second-order valence-corrected chi connectivity index (χ2v) is 10.1. The van der Waals surface area contributed by atoms with Crippen LogP contribution in [0.2, 0.25) is 0 Å². The highest BCUT2D eigenvalue weighted by molar-refractivity contribution is 9.10. The molecule has 6 nitrogen and oxygen atoms in total. The number of nitrogens with zero attached hydrogens (tertiary/aromatic N) is 2. The quantitative estimate of drug-likeness (QED) is 0.360. The van der Waals surface area contributed by atoms with Crippen molar-refractivity contribution in [3.05, 3.63) is 87.9 Å². The fourth-order valence-electron chi connectivity index (χ4n) is 4.50. The number of halogens is 1. The van der Waals surface area contributed by atoms with Crippen LogP contribution in [0.25, 0.3) is 0 Å². The third-order valence-corrected chi connectivity index (χ3v) is 7.08. The summed E-state index contributed by atoms with van der Waals surface area (Å²) in [5.41, 5.74) is 6.17. The van der Waals surface area contributed by atoms with Crippen LogP contribution in [0, 0.1) is 13.8 Å². The third kappa shape index (κ3) is 6.88. The maximum Gasteiger partial charge on any atom is 0.322 e. The van der Waals surface area contributed by atoms with E-state index in [1.165, 1.54) is 5.56 Å². The van der Waals surface area contributed by atoms with E-state index in [-0.39, 0.29) is 11.9 Å². The number of aryl methyl sites for hydroxylation is 3. The Labute approximate surface area is 221 Å². The summed E-state index contributed by atoms with van der Waals surface area (Å²) in [5, 5.41) is 6.05. The topological polar surface area (TPSA) is 64.7 Å². The number of urea groups is 1. The lowest BCUT2D eigenvalue weighted by Crippen LogP contribution is -2.50. The maximum absolute atomic E-state index is 12.8. The van der Waals surface area contributed by atoms with Crippen molar-refractivity contribution >= 4 is 44.9 Å². The molecule has 4 rings (SSSR count). The zero-order chi connectivity index (χ0) is 25.5. The van der Waals surface area contributed by atoms with Crippen LogP contribution in [0.4, 0.5) is 21.9 Å². The lowest BCUT2D eigenvalue weighted by Gasteiger charge is -2.36. The summed E-state index contributed by atoms with van der Waals surface area (Å²) in [6.07, 6.45) is 2.23. The van der Waals surface area contributed by atoms with Gasteiger partial charge < -0.3 is 20.4 Å². The Balaban J connectivity index is 1.22. The molecular formula is C29H33BrN4O2. The van der Waals surface area contributed by atoms with Gasteiger partial charge in [-0.3, -0.25) is 4.79 Å². The van der Waals surface area contributed by atoms with Crippen LogP contribution in [0.1, 0.15) is 29.5 Å². The number of piperazine rings is 1. The SMILES string of the molecule is Cc1cc(C)c(NC(=O)N2CCN(c3ccc(NC(=O)CCCc4ccccc4)cc3)CC2)c(Br)c1. The monoisotopic (exact) mass is 548 g/mol. The Bertz CT molecular complexity index is 1170. The molecule has 0 radical (unpaired) electrons. The molecule has 0 aromatic heterocycles. The van der Waals surface area contributed by atoms with Gasteiger partial charge in [-0.05, 0) is 89.6 Å². The van der Waals surface area contributed by atoms with Crippen molar-refractivity contribution in [3.63, 3.8) is 0 Å². The van der Waals surface area contributed by atoms with Gasteiger partial charge in [-0.15, -0.1) is 0 Å². The summed E-state index contributed by atoms with van der Waals surface area (Å²) >= 11 is 3.57. The van der Waals surface area contributed by atoms with E-state index in [2.05, 4.69) is 49.7 Å². The Kier molecular flexibility index (Phi) is 8.65. The van der Waals surface area contributed by atoms with Crippen LogP contribution in [0.5, 0.6) is 0 Å². The van der Waals surface area contributed by atoms with Crippen LogP contribution < -0.4 is 15.5 Å². The molecule has 0 saturated carbocycles. The van der Waals surface area contributed by atoms with Crippen LogP contribution in [0.3, 0.4) is 0 Å². The van der Waals surface area contributed by atoms with Crippen molar-refractivity contribution in [3.8, 4) is 0 Å². The number of nitrogens with one attached hydrogen (secondary N) is 2. The van der Waals surface area contributed by atoms with Gasteiger partial charge in [-0.2, -0.15) is 0 Å². The minimum absolute atomic E-state index is 0.0359. The number of hydrogen-bond donors (Lipinski definition) is 2. The van der Waals surface area contributed by atoms with Gasteiger partial charge in [0, 0.05) is 48.4 Å². The molecule has 1 heterocycles. The first-order chi connectivity index (χ1) is 17.4. The van der Waals surface area contributed by atoms with Crippen molar-refractivity contribution in [1.29, 1.82) is 0 Å². The second kappa shape index (κ2) is 12.1. The Hall–Kier alpha value is -3.32. The minimum Gasteiger partial charge on any atom is -0.368 e. The fraction of sp³-hybridized carbons (Fsp3) is 0.310. The molecule has 0 atom stereocenters. The highest BCUT2D eigenvalue weighted by Gasteiger charge is 2.22. The number of carbonyl (C=O) groups is 2. The number of carbonyl (C=O) groups excluding carboxylic acids is 2. The Morgan fingerprint density at radius 3 is 2.25 bits per heavy atom. The van der Waals surface area contributed by atoms with E-state index in [0.29, 0.717) is 19.5 Å². The first kappa shape index (κ1) is 25.8. The Morgan fingerprint density at radius 1 is 0.889 bits per heavy atom. The molecule has 1 fully saturated rings. The zero-order valence-electron chi connectivity index (χ0n) is 20.9. The van der Waals surface area contributed by atoms with Gasteiger partial charge in [0.25, 0.3) is 0 Å². The number of anilines is 3. The second-order valence-electron chi connectivity index (χ2n) is 9.28. The normalized spacial score (nSPS) is 13.4. The highest BCUT2D eigenvalue weighted by Crippen LogP contribution is 2.28. The van der Waals surface area contributed by atoms with Crippen molar-refractivity contribution in [2.75, 3.05) is 41.7 Å². The van der Waals surface area contributed by atoms with E-state index in [4.69, 9.17) is 0 Å². The molecule has 1 aliphatic heterocycles. The van der Waals surface area contributed by atoms with Gasteiger partial charge in [0.05, 0.1) is 5.69 Å². The van der Waals surface area contributed by atoms with Gasteiger partial charge in [-0.1, -0.05) is 36.4 Å². The average Bonchev–Trinajstić information content (AvgIpc) is 2.87. The van der Waals surface area contributed by atoms with Crippen molar-refractivity contribution in [2.45, 2.75) is 33.1 Å². The molecule has 0 unspecified atom stereocenters. The number of amides is 3. The summed E-state index contributed by atoms with van der Waals surface area (Å²) in [4.78, 5) is 29.3. The predicted octanol–water partition coefficient (Wildman–Crippen LogP) is 6.38.